The van der Waals surface area contributed by atoms with Crippen LogP contribution in [0.15, 0.2) is 60.7 Å². The van der Waals surface area contributed by atoms with E-state index in [9.17, 15) is 24.2 Å². The number of amides is 1. The van der Waals surface area contributed by atoms with Crippen LogP contribution in [0.25, 0.3) is 0 Å². The number of aromatic hydroxyl groups is 2. The number of nitriles is 1. The van der Waals surface area contributed by atoms with Gasteiger partial charge in [0.05, 0.1) is 10.6 Å². The quantitative estimate of drug-likeness (QED) is 0.302. The van der Waals surface area contributed by atoms with E-state index < -0.39 is 5.82 Å². The molecule has 9 heteroatoms. The molecule has 4 rings (SSSR count). The highest BCUT2D eigenvalue weighted by atomic mass is 35.5. The topological polar surface area (TPSA) is 114 Å². The van der Waals surface area contributed by atoms with Gasteiger partial charge >= 0.3 is 0 Å². The number of carbonyl (C=O) groups excluding carboxylic acids is 2. The molecule has 1 heterocycles. The Hall–Kier alpha value is -4.09. The number of nitrogens with zero attached hydrogens (tertiary/aromatic N) is 2. The van der Waals surface area contributed by atoms with Gasteiger partial charge in [-0.05, 0) is 37.5 Å². The number of rotatable bonds is 8. The van der Waals surface area contributed by atoms with Gasteiger partial charge in [-0.25, -0.2) is 4.39 Å². The number of halogens is 2. The van der Waals surface area contributed by atoms with Crippen molar-refractivity contribution in [3.05, 3.63) is 88.2 Å². The van der Waals surface area contributed by atoms with E-state index in [2.05, 4.69) is 5.32 Å². The van der Waals surface area contributed by atoms with Crippen LogP contribution in [0.1, 0.15) is 53.6 Å². The van der Waals surface area contributed by atoms with Crippen molar-refractivity contribution in [2.24, 2.45) is 0 Å². The highest BCUT2D eigenvalue weighted by Gasteiger charge is 2.17. The molecule has 1 saturated heterocycles. The monoisotopic (exact) mass is 537 g/mol. The lowest BCUT2D eigenvalue weighted by Gasteiger charge is -2.14. The van der Waals surface area contributed by atoms with Crippen molar-refractivity contribution in [1.29, 1.82) is 5.26 Å². The van der Waals surface area contributed by atoms with Crippen LogP contribution in [0.5, 0.6) is 11.5 Å². The van der Waals surface area contributed by atoms with Crippen LogP contribution in [0.2, 0.25) is 5.02 Å². The van der Waals surface area contributed by atoms with Crippen LogP contribution in [0.3, 0.4) is 0 Å². The van der Waals surface area contributed by atoms with E-state index >= 15 is 0 Å². The fraction of sp³-hybridized carbons (Fsp3) is 0.276. The summed E-state index contributed by atoms with van der Waals surface area (Å²) in [6.07, 6.45) is 3.86. The number of nitrogens with one attached hydrogen (secondary N) is 1. The third kappa shape index (κ3) is 8.22. The first-order chi connectivity index (χ1) is 18.3. The Morgan fingerprint density at radius 1 is 1.00 bits per heavy atom. The Balaban J connectivity index is 0.000000212. The van der Waals surface area contributed by atoms with Crippen molar-refractivity contribution in [2.45, 2.75) is 38.6 Å². The zero-order valence-electron chi connectivity index (χ0n) is 20.8. The molecule has 1 aliphatic rings. The fourth-order valence-corrected chi connectivity index (χ4v) is 4.10. The second-order valence-corrected chi connectivity index (χ2v) is 9.23. The second-order valence-electron chi connectivity index (χ2n) is 8.82. The molecular formula is C29H29ClFN3O4. The number of ketones is 1. The molecule has 0 saturated carbocycles. The molecule has 3 aromatic rings. The SMILES string of the molecule is N#Cc1ccc(NCc2cc(F)c(Cl)cc2O)cc1O.O=C(CCCC(=O)N1CCCC1)c1ccccc1. The minimum atomic E-state index is -0.621. The van der Waals surface area contributed by atoms with Crippen molar-refractivity contribution < 1.29 is 24.2 Å². The van der Waals surface area contributed by atoms with Gasteiger partial charge in [0.15, 0.2) is 5.78 Å². The van der Waals surface area contributed by atoms with E-state index in [1.54, 1.807) is 6.07 Å². The smallest absolute Gasteiger partial charge is 0.222 e. The van der Waals surface area contributed by atoms with Crippen molar-refractivity contribution in [3.8, 4) is 17.6 Å². The van der Waals surface area contributed by atoms with Crippen LogP contribution in [0, 0.1) is 17.1 Å². The maximum absolute atomic E-state index is 13.3. The number of hydrogen-bond acceptors (Lipinski definition) is 6. The van der Waals surface area contributed by atoms with Gasteiger partial charge in [0.1, 0.15) is 23.4 Å². The summed E-state index contributed by atoms with van der Waals surface area (Å²) in [7, 11) is 0. The average molecular weight is 538 g/mol. The Morgan fingerprint density at radius 3 is 2.37 bits per heavy atom. The van der Waals surface area contributed by atoms with Gasteiger partial charge in [-0.2, -0.15) is 5.26 Å². The molecule has 7 nitrogen and oxygen atoms in total. The predicted octanol–water partition coefficient (Wildman–Crippen LogP) is 6.04. The van der Waals surface area contributed by atoms with Gasteiger partial charge in [0.2, 0.25) is 5.91 Å². The molecule has 198 valence electrons. The van der Waals surface area contributed by atoms with Crippen molar-refractivity contribution >= 4 is 29.0 Å². The van der Waals surface area contributed by atoms with E-state index in [4.69, 9.17) is 16.9 Å². The Labute approximate surface area is 226 Å². The lowest BCUT2D eigenvalue weighted by molar-refractivity contribution is -0.130. The molecule has 0 aromatic heterocycles. The van der Waals surface area contributed by atoms with Crippen LogP contribution >= 0.6 is 11.6 Å². The molecule has 0 unspecified atom stereocenters. The highest BCUT2D eigenvalue weighted by molar-refractivity contribution is 6.30. The summed E-state index contributed by atoms with van der Waals surface area (Å²) < 4.78 is 13.3. The number of phenolic OH excluding ortho intramolecular Hbond substituents is 2. The van der Waals surface area contributed by atoms with Crippen LogP contribution in [-0.2, 0) is 11.3 Å². The molecule has 0 atom stereocenters. The Kier molecular flexibility index (Phi) is 10.5. The van der Waals surface area contributed by atoms with Gasteiger partial charge in [0.25, 0.3) is 0 Å². The molecule has 1 fully saturated rings. The van der Waals surface area contributed by atoms with Gasteiger partial charge in [-0.1, -0.05) is 41.9 Å². The van der Waals surface area contributed by atoms with E-state index in [-0.39, 0.29) is 40.3 Å². The summed E-state index contributed by atoms with van der Waals surface area (Å²) in [5.74, 6) is -0.562. The number of phenols is 2. The fourth-order valence-electron chi connectivity index (χ4n) is 3.95. The zero-order chi connectivity index (χ0) is 27.5. The maximum Gasteiger partial charge on any atom is 0.222 e. The summed E-state index contributed by atoms with van der Waals surface area (Å²) in [6.45, 7) is 1.93. The van der Waals surface area contributed by atoms with Crippen molar-refractivity contribution in [2.75, 3.05) is 18.4 Å². The first-order valence-corrected chi connectivity index (χ1v) is 12.7. The molecule has 0 aliphatic carbocycles. The van der Waals surface area contributed by atoms with E-state index in [0.29, 0.717) is 30.5 Å². The molecule has 0 bridgehead atoms. The molecular weight excluding hydrogens is 509 g/mol. The minimum Gasteiger partial charge on any atom is -0.508 e. The molecule has 1 amide bonds. The minimum absolute atomic E-state index is 0.123. The number of Topliss-reactive ketones (excluding diaryl/α,β-unsaturated/α-hetero) is 1. The number of hydrogen-bond donors (Lipinski definition) is 3. The Morgan fingerprint density at radius 2 is 1.71 bits per heavy atom. The molecule has 38 heavy (non-hydrogen) atoms. The average Bonchev–Trinajstić information content (AvgIpc) is 3.46. The Bertz CT molecular complexity index is 1310. The van der Waals surface area contributed by atoms with Gasteiger partial charge in [-0.3, -0.25) is 9.59 Å². The first kappa shape index (κ1) is 28.5. The summed E-state index contributed by atoms with van der Waals surface area (Å²) in [6, 6.07) is 17.8. The van der Waals surface area contributed by atoms with E-state index in [1.807, 2.05) is 41.3 Å². The summed E-state index contributed by atoms with van der Waals surface area (Å²) in [4.78, 5) is 25.5. The molecule has 1 aliphatic heterocycles. The third-order valence-electron chi connectivity index (χ3n) is 6.07. The predicted molar refractivity (Wildman–Crippen MR) is 144 cm³/mol. The summed E-state index contributed by atoms with van der Waals surface area (Å²) >= 11 is 5.54. The largest absolute Gasteiger partial charge is 0.508 e. The van der Waals surface area contributed by atoms with Crippen LogP contribution < -0.4 is 5.32 Å². The third-order valence-corrected chi connectivity index (χ3v) is 6.36. The van der Waals surface area contributed by atoms with Crippen LogP contribution in [-0.4, -0.2) is 39.9 Å². The number of carbonyl (C=O) groups is 2. The highest BCUT2D eigenvalue weighted by Crippen LogP contribution is 2.27. The van der Waals surface area contributed by atoms with Gasteiger partial charge in [0, 0.05) is 61.4 Å². The molecule has 0 spiro atoms. The summed E-state index contributed by atoms with van der Waals surface area (Å²) in [5, 5.41) is 30.6. The molecule has 3 aromatic carbocycles. The standard InChI is InChI=1S/C15H19NO2.C14H10ClFN2O2/c17-14(13-7-2-1-3-8-13)9-6-10-15(18)16-11-4-5-12-16;15-11-5-14(20)9(3-12(11)16)7-18-10-2-1-8(6-17)13(19)4-10/h1-3,7-8H,4-6,9-12H2;1-5,18-20H,7H2. The van der Waals surface area contributed by atoms with E-state index in [0.717, 1.165) is 43.6 Å². The molecule has 0 radical (unpaired) electrons. The first-order valence-electron chi connectivity index (χ1n) is 12.3. The van der Waals surface area contributed by atoms with Crippen molar-refractivity contribution in [1.82, 2.24) is 4.90 Å². The lowest BCUT2D eigenvalue weighted by Crippen LogP contribution is -2.27. The number of benzene rings is 3. The van der Waals surface area contributed by atoms with Crippen molar-refractivity contribution in [3.63, 3.8) is 0 Å². The lowest BCUT2D eigenvalue weighted by atomic mass is 10.1. The molecule has 3 N–H and O–H groups in total. The second kappa shape index (κ2) is 14.0. The normalized spacial score (nSPS) is 12.3. The van der Waals surface area contributed by atoms with Gasteiger partial charge < -0.3 is 20.4 Å². The number of likely N-dealkylation sites (tertiary alicyclic amines) is 1. The van der Waals surface area contributed by atoms with E-state index in [1.165, 1.54) is 12.1 Å². The van der Waals surface area contributed by atoms with Gasteiger partial charge in [-0.15, -0.1) is 0 Å². The van der Waals surface area contributed by atoms with Crippen LogP contribution in [0.4, 0.5) is 10.1 Å². The zero-order valence-corrected chi connectivity index (χ0v) is 21.5. The summed E-state index contributed by atoms with van der Waals surface area (Å²) in [5.41, 5.74) is 1.77. The number of anilines is 1. The maximum atomic E-state index is 13.3.